The van der Waals surface area contributed by atoms with Gasteiger partial charge in [0.05, 0.1) is 36.6 Å². The molecule has 44 heavy (non-hydrogen) atoms. The van der Waals surface area contributed by atoms with Gasteiger partial charge in [0.1, 0.15) is 6.10 Å². The van der Waals surface area contributed by atoms with E-state index in [1.165, 1.54) is 57.8 Å². The first-order valence-electron chi connectivity index (χ1n) is 18.6. The molecule has 0 aliphatic carbocycles. The van der Waals surface area contributed by atoms with Crippen molar-refractivity contribution in [2.24, 2.45) is 0 Å². The Morgan fingerprint density at radius 3 is 1.52 bits per heavy atom. The van der Waals surface area contributed by atoms with Crippen LogP contribution in [0.15, 0.2) is 11.6 Å². The summed E-state index contributed by atoms with van der Waals surface area (Å²) in [6.07, 6.45) is 25.2. The molecule has 4 N–H and O–H groups in total. The van der Waals surface area contributed by atoms with Crippen LogP contribution in [0, 0.1) is 0 Å². The van der Waals surface area contributed by atoms with Gasteiger partial charge in [-0.1, -0.05) is 116 Å². The summed E-state index contributed by atoms with van der Waals surface area (Å²) in [7, 11) is 0. The van der Waals surface area contributed by atoms with Gasteiger partial charge in [0, 0.05) is 12.0 Å². The van der Waals surface area contributed by atoms with Crippen molar-refractivity contribution in [3.05, 3.63) is 11.6 Å². The second-order valence-corrected chi connectivity index (χ2v) is 13.8. The molecule has 0 bridgehead atoms. The summed E-state index contributed by atoms with van der Waals surface area (Å²) in [5.41, 5.74) is 0.596. The molecule has 0 radical (unpaired) electrons. The van der Waals surface area contributed by atoms with E-state index in [0.29, 0.717) is 24.8 Å². The van der Waals surface area contributed by atoms with Crippen LogP contribution in [0.3, 0.4) is 0 Å². The Bertz CT molecular complexity index is 756. The smallest absolute Gasteiger partial charge is 0.334 e. The SMILES string of the molecule is CCCCCCCCCCCC[C@H](O)[C@H]1CC[C@@H]([C@H](O)CCCC[C@H](O)CCCCCCC[C@@H](O)CC2=C[C@H](C)OC2=O)O1. The van der Waals surface area contributed by atoms with Gasteiger partial charge in [0.15, 0.2) is 0 Å². The Morgan fingerprint density at radius 1 is 0.636 bits per heavy atom. The van der Waals surface area contributed by atoms with Crippen LogP contribution >= 0.6 is 0 Å². The molecule has 0 saturated carbocycles. The molecular weight excluding hydrogens is 556 g/mol. The third-order valence-corrected chi connectivity index (χ3v) is 9.61. The Morgan fingerprint density at radius 2 is 1.05 bits per heavy atom. The Hall–Kier alpha value is -0.990. The molecule has 1 saturated heterocycles. The molecule has 2 rings (SSSR count). The highest BCUT2D eigenvalue weighted by Gasteiger charge is 2.34. The summed E-state index contributed by atoms with van der Waals surface area (Å²) >= 11 is 0. The van der Waals surface area contributed by atoms with Crippen LogP contribution in [-0.2, 0) is 14.3 Å². The molecule has 0 aromatic carbocycles. The third kappa shape index (κ3) is 17.6. The molecule has 2 aliphatic heterocycles. The summed E-state index contributed by atoms with van der Waals surface area (Å²) < 4.78 is 11.1. The second-order valence-electron chi connectivity index (χ2n) is 13.8. The van der Waals surface area contributed by atoms with Crippen molar-refractivity contribution in [2.75, 3.05) is 0 Å². The highest BCUT2D eigenvalue weighted by molar-refractivity contribution is 5.90. The summed E-state index contributed by atoms with van der Waals surface area (Å²) in [6, 6.07) is 0. The van der Waals surface area contributed by atoms with Crippen molar-refractivity contribution in [1.29, 1.82) is 0 Å². The van der Waals surface area contributed by atoms with E-state index < -0.39 is 18.3 Å². The van der Waals surface area contributed by atoms with E-state index in [9.17, 15) is 25.2 Å². The second kappa shape index (κ2) is 24.2. The zero-order valence-electron chi connectivity index (χ0n) is 28.3. The minimum absolute atomic E-state index is 0.139. The van der Waals surface area contributed by atoms with Gasteiger partial charge in [-0.25, -0.2) is 4.79 Å². The number of ether oxygens (including phenoxy) is 2. The molecule has 0 aromatic rings. The highest BCUT2D eigenvalue weighted by Crippen LogP contribution is 2.28. The van der Waals surface area contributed by atoms with Crippen LogP contribution in [-0.4, -0.2) is 69.1 Å². The number of hydrogen-bond acceptors (Lipinski definition) is 7. The number of carbonyl (C=O) groups is 1. The molecule has 0 unspecified atom stereocenters. The lowest BCUT2D eigenvalue weighted by molar-refractivity contribution is -0.139. The molecule has 7 heteroatoms. The Balaban J connectivity index is 1.38. The molecule has 0 aromatic heterocycles. The minimum Gasteiger partial charge on any atom is -0.455 e. The first-order chi connectivity index (χ1) is 21.3. The zero-order chi connectivity index (χ0) is 32.0. The van der Waals surface area contributed by atoms with Crippen molar-refractivity contribution in [1.82, 2.24) is 0 Å². The van der Waals surface area contributed by atoms with Gasteiger partial charge in [-0.3, -0.25) is 0 Å². The maximum absolute atomic E-state index is 11.7. The average Bonchev–Trinajstić information content (AvgIpc) is 3.61. The molecule has 258 valence electrons. The standard InChI is InChI=1S/C37H68O7/c1-3-4-5-6-7-8-9-10-14-17-23-33(40)35-25-26-36(44-35)34(41)24-19-18-21-31(38)20-15-12-11-13-16-22-32(39)28-30-27-29(2)43-37(30)42/h27,29,31-36,38-41H,3-26,28H2,1-2H3/t29-,31+,32+,33-,34+,35+,36-/m0/s1. The lowest BCUT2D eigenvalue weighted by Crippen LogP contribution is -2.31. The predicted molar refractivity (Wildman–Crippen MR) is 177 cm³/mol. The fraction of sp³-hybridized carbons (Fsp3) is 0.919. The number of rotatable bonds is 28. The molecule has 0 spiro atoms. The average molecular weight is 625 g/mol. The highest BCUT2D eigenvalue weighted by atomic mass is 16.5. The molecule has 7 nitrogen and oxygen atoms in total. The summed E-state index contributed by atoms with van der Waals surface area (Å²) in [5.74, 6) is -0.298. The van der Waals surface area contributed by atoms with Crippen molar-refractivity contribution in [3.63, 3.8) is 0 Å². The largest absolute Gasteiger partial charge is 0.455 e. The van der Waals surface area contributed by atoms with Gasteiger partial charge in [0.2, 0.25) is 0 Å². The number of aliphatic hydroxyl groups is 4. The summed E-state index contributed by atoms with van der Waals surface area (Å²) in [4.78, 5) is 11.7. The summed E-state index contributed by atoms with van der Waals surface area (Å²) in [5, 5.41) is 41.8. The van der Waals surface area contributed by atoms with Gasteiger partial charge in [-0.05, 0) is 57.9 Å². The predicted octanol–water partition coefficient (Wildman–Crippen LogP) is 7.84. The van der Waals surface area contributed by atoms with Crippen LogP contribution in [0.4, 0.5) is 0 Å². The normalized spacial score (nSPS) is 23.0. The van der Waals surface area contributed by atoms with Crippen molar-refractivity contribution in [2.45, 2.75) is 217 Å². The molecule has 1 fully saturated rings. The number of hydrogen-bond donors (Lipinski definition) is 4. The first kappa shape index (κ1) is 39.2. The maximum Gasteiger partial charge on any atom is 0.334 e. The molecule has 0 amide bonds. The Kier molecular flexibility index (Phi) is 21.6. The van der Waals surface area contributed by atoms with E-state index in [2.05, 4.69) is 6.92 Å². The zero-order valence-corrected chi connectivity index (χ0v) is 28.3. The van der Waals surface area contributed by atoms with E-state index in [1.807, 2.05) is 6.92 Å². The van der Waals surface area contributed by atoms with E-state index in [1.54, 1.807) is 6.08 Å². The number of unbranched alkanes of at least 4 members (excludes halogenated alkanes) is 14. The monoisotopic (exact) mass is 624 g/mol. The molecule has 7 atom stereocenters. The van der Waals surface area contributed by atoms with E-state index >= 15 is 0 Å². The summed E-state index contributed by atoms with van der Waals surface area (Å²) in [6.45, 7) is 4.08. The van der Waals surface area contributed by atoms with Crippen LogP contribution < -0.4 is 0 Å². The van der Waals surface area contributed by atoms with Crippen LogP contribution in [0.1, 0.15) is 174 Å². The van der Waals surface area contributed by atoms with Crippen LogP contribution in [0.25, 0.3) is 0 Å². The molecule has 2 heterocycles. The molecular formula is C37H68O7. The van der Waals surface area contributed by atoms with E-state index in [-0.39, 0.29) is 30.4 Å². The van der Waals surface area contributed by atoms with Gasteiger partial charge in [0.25, 0.3) is 0 Å². The topological polar surface area (TPSA) is 116 Å². The van der Waals surface area contributed by atoms with Crippen LogP contribution in [0.2, 0.25) is 0 Å². The van der Waals surface area contributed by atoms with Crippen molar-refractivity contribution >= 4 is 5.97 Å². The van der Waals surface area contributed by atoms with Gasteiger partial charge in [-0.2, -0.15) is 0 Å². The van der Waals surface area contributed by atoms with Crippen molar-refractivity contribution < 1.29 is 34.7 Å². The molecule has 2 aliphatic rings. The Labute approximate surface area is 269 Å². The number of aliphatic hydroxyl groups excluding tert-OH is 4. The van der Waals surface area contributed by atoms with E-state index in [0.717, 1.165) is 83.5 Å². The van der Waals surface area contributed by atoms with Crippen molar-refractivity contribution in [3.8, 4) is 0 Å². The lowest BCUT2D eigenvalue weighted by atomic mass is 9.99. The third-order valence-electron chi connectivity index (χ3n) is 9.61. The van der Waals surface area contributed by atoms with Crippen LogP contribution in [0.5, 0.6) is 0 Å². The fourth-order valence-electron chi connectivity index (χ4n) is 6.77. The maximum atomic E-state index is 11.7. The fourth-order valence-corrected chi connectivity index (χ4v) is 6.77. The quantitative estimate of drug-likeness (QED) is 0.0518. The number of carbonyl (C=O) groups excluding carboxylic acids is 1. The van der Waals surface area contributed by atoms with Gasteiger partial charge >= 0.3 is 5.97 Å². The van der Waals surface area contributed by atoms with Gasteiger partial charge in [-0.15, -0.1) is 0 Å². The lowest BCUT2D eigenvalue weighted by Gasteiger charge is -2.22. The minimum atomic E-state index is -0.494. The van der Waals surface area contributed by atoms with E-state index in [4.69, 9.17) is 9.47 Å². The number of esters is 1. The van der Waals surface area contributed by atoms with Gasteiger partial charge < -0.3 is 29.9 Å². The number of cyclic esters (lactones) is 1. The first-order valence-corrected chi connectivity index (χ1v) is 18.6.